The topological polar surface area (TPSA) is 46.3 Å². The summed E-state index contributed by atoms with van der Waals surface area (Å²) in [5.41, 5.74) is 8.25. The number of benzene rings is 3. The van der Waals surface area contributed by atoms with E-state index < -0.39 is 6.04 Å². The van der Waals surface area contributed by atoms with Gasteiger partial charge in [-0.2, -0.15) is 0 Å². The van der Waals surface area contributed by atoms with Crippen LogP contribution in [0.25, 0.3) is 10.8 Å². The van der Waals surface area contributed by atoms with Gasteiger partial charge in [0.05, 0.1) is 6.04 Å². The minimum atomic E-state index is -0.557. The van der Waals surface area contributed by atoms with E-state index in [1.54, 1.807) is 11.9 Å². The van der Waals surface area contributed by atoms with E-state index >= 15 is 0 Å². The number of carbonyl (C=O) groups is 1. The lowest BCUT2D eigenvalue weighted by atomic mass is 10.0. The molecular weight excluding hydrogens is 332 g/mol. The van der Waals surface area contributed by atoms with Crippen LogP contribution in [0.5, 0.6) is 0 Å². The Morgan fingerprint density at radius 3 is 2.36 bits per heavy atom. The SMILES string of the molecule is CN(Cc1ccc(Cl)cc1)C(=O)[C@@H](N)Cc1ccc2ccccc2c1. The van der Waals surface area contributed by atoms with Gasteiger partial charge < -0.3 is 10.6 Å². The number of nitrogens with two attached hydrogens (primary N) is 1. The molecule has 3 aromatic carbocycles. The molecule has 128 valence electrons. The Hall–Kier alpha value is -2.36. The molecule has 0 spiro atoms. The van der Waals surface area contributed by atoms with Gasteiger partial charge in [0.25, 0.3) is 0 Å². The molecule has 3 rings (SSSR count). The first-order valence-corrected chi connectivity index (χ1v) is 8.63. The Morgan fingerprint density at radius 1 is 1.00 bits per heavy atom. The van der Waals surface area contributed by atoms with Crippen molar-refractivity contribution in [2.45, 2.75) is 19.0 Å². The Labute approximate surface area is 153 Å². The van der Waals surface area contributed by atoms with Gasteiger partial charge in [-0.25, -0.2) is 0 Å². The standard InChI is InChI=1S/C21H21ClN2O/c1-24(14-15-7-10-19(22)11-8-15)21(25)20(23)13-16-6-9-17-4-2-3-5-18(17)12-16/h2-12,20H,13-14,23H2,1H3/t20-/m0/s1. The average molecular weight is 353 g/mol. The maximum Gasteiger partial charge on any atom is 0.239 e. The monoisotopic (exact) mass is 352 g/mol. The van der Waals surface area contributed by atoms with Crippen LogP contribution >= 0.6 is 11.6 Å². The molecule has 0 saturated carbocycles. The zero-order valence-corrected chi connectivity index (χ0v) is 14.9. The number of fused-ring (bicyclic) bond motifs is 1. The van der Waals surface area contributed by atoms with Gasteiger partial charge in [0, 0.05) is 18.6 Å². The molecule has 0 fully saturated rings. The molecule has 3 aromatic rings. The Bertz CT molecular complexity index is 876. The Morgan fingerprint density at radius 2 is 1.64 bits per heavy atom. The number of amides is 1. The fraction of sp³-hybridized carbons (Fsp3) is 0.190. The summed E-state index contributed by atoms with van der Waals surface area (Å²) < 4.78 is 0. The van der Waals surface area contributed by atoms with Crippen LogP contribution in [0.4, 0.5) is 0 Å². The predicted octanol–water partition coefficient (Wildman–Crippen LogP) is 4.02. The van der Waals surface area contributed by atoms with E-state index in [0.29, 0.717) is 18.0 Å². The van der Waals surface area contributed by atoms with E-state index in [2.05, 4.69) is 24.3 Å². The molecule has 25 heavy (non-hydrogen) atoms. The van der Waals surface area contributed by atoms with Crippen LogP contribution in [0.3, 0.4) is 0 Å². The number of hydrogen-bond donors (Lipinski definition) is 1. The van der Waals surface area contributed by atoms with E-state index in [9.17, 15) is 4.79 Å². The summed E-state index contributed by atoms with van der Waals surface area (Å²) in [7, 11) is 1.77. The van der Waals surface area contributed by atoms with Crippen molar-refractivity contribution < 1.29 is 4.79 Å². The lowest BCUT2D eigenvalue weighted by Crippen LogP contribution is -2.42. The first-order valence-electron chi connectivity index (χ1n) is 8.25. The van der Waals surface area contributed by atoms with Crippen LogP contribution in [-0.4, -0.2) is 23.9 Å². The van der Waals surface area contributed by atoms with Crippen molar-refractivity contribution in [3.05, 3.63) is 82.9 Å². The van der Waals surface area contributed by atoms with Crippen molar-refractivity contribution in [3.8, 4) is 0 Å². The minimum absolute atomic E-state index is 0.0666. The normalized spacial score (nSPS) is 12.1. The third kappa shape index (κ3) is 4.38. The van der Waals surface area contributed by atoms with Gasteiger partial charge >= 0.3 is 0 Å². The maximum absolute atomic E-state index is 12.6. The van der Waals surface area contributed by atoms with E-state index in [1.165, 1.54) is 5.39 Å². The summed E-state index contributed by atoms with van der Waals surface area (Å²) in [4.78, 5) is 14.2. The summed E-state index contributed by atoms with van der Waals surface area (Å²) in [6.45, 7) is 0.515. The van der Waals surface area contributed by atoms with Gasteiger partial charge in [-0.05, 0) is 40.5 Å². The molecule has 0 aliphatic heterocycles. The first-order chi connectivity index (χ1) is 12.0. The third-order valence-electron chi connectivity index (χ3n) is 4.30. The molecule has 1 amide bonds. The second-order valence-electron chi connectivity index (χ2n) is 6.31. The molecule has 0 radical (unpaired) electrons. The van der Waals surface area contributed by atoms with Crippen molar-refractivity contribution in [2.75, 3.05) is 7.05 Å². The molecule has 0 aliphatic rings. The van der Waals surface area contributed by atoms with Crippen LogP contribution < -0.4 is 5.73 Å². The van der Waals surface area contributed by atoms with Crippen molar-refractivity contribution in [3.63, 3.8) is 0 Å². The average Bonchev–Trinajstić information content (AvgIpc) is 2.62. The molecule has 0 heterocycles. The fourth-order valence-electron chi connectivity index (χ4n) is 2.93. The largest absolute Gasteiger partial charge is 0.340 e. The number of likely N-dealkylation sites (N-methyl/N-ethyl adjacent to an activating group) is 1. The number of rotatable bonds is 5. The van der Waals surface area contributed by atoms with Crippen LogP contribution in [0, 0.1) is 0 Å². The highest BCUT2D eigenvalue weighted by molar-refractivity contribution is 6.30. The molecule has 0 saturated heterocycles. The van der Waals surface area contributed by atoms with Crippen LogP contribution in [0.2, 0.25) is 5.02 Å². The van der Waals surface area contributed by atoms with Crippen molar-refractivity contribution in [1.29, 1.82) is 0 Å². The van der Waals surface area contributed by atoms with E-state index in [4.69, 9.17) is 17.3 Å². The lowest BCUT2D eigenvalue weighted by Gasteiger charge is -2.21. The van der Waals surface area contributed by atoms with Gasteiger partial charge in [0.1, 0.15) is 0 Å². The number of nitrogens with zero attached hydrogens (tertiary/aromatic N) is 1. The highest BCUT2D eigenvalue weighted by Crippen LogP contribution is 2.17. The highest BCUT2D eigenvalue weighted by atomic mass is 35.5. The second kappa shape index (κ2) is 7.68. The maximum atomic E-state index is 12.6. The van der Waals surface area contributed by atoms with Crippen molar-refractivity contribution in [1.82, 2.24) is 4.90 Å². The quantitative estimate of drug-likeness (QED) is 0.753. The van der Waals surface area contributed by atoms with Gasteiger partial charge in [0.15, 0.2) is 0 Å². The summed E-state index contributed by atoms with van der Waals surface area (Å²) in [6, 6.07) is 21.3. The predicted molar refractivity (Wildman–Crippen MR) is 104 cm³/mol. The second-order valence-corrected chi connectivity index (χ2v) is 6.75. The van der Waals surface area contributed by atoms with E-state index in [1.807, 2.05) is 42.5 Å². The Balaban J connectivity index is 1.65. The van der Waals surface area contributed by atoms with Crippen molar-refractivity contribution >= 4 is 28.3 Å². The highest BCUT2D eigenvalue weighted by Gasteiger charge is 2.18. The summed E-state index contributed by atoms with van der Waals surface area (Å²) in [6.07, 6.45) is 0.522. The summed E-state index contributed by atoms with van der Waals surface area (Å²) in [5.74, 6) is -0.0666. The molecule has 3 nitrogen and oxygen atoms in total. The zero-order chi connectivity index (χ0) is 17.8. The first kappa shape index (κ1) is 17.5. The number of hydrogen-bond acceptors (Lipinski definition) is 2. The van der Waals surface area contributed by atoms with E-state index in [-0.39, 0.29) is 5.91 Å². The number of halogens is 1. The van der Waals surface area contributed by atoms with Crippen LogP contribution in [-0.2, 0) is 17.8 Å². The number of carbonyl (C=O) groups excluding carboxylic acids is 1. The van der Waals surface area contributed by atoms with E-state index in [0.717, 1.165) is 16.5 Å². The molecule has 2 N–H and O–H groups in total. The van der Waals surface area contributed by atoms with Gasteiger partial charge in [-0.15, -0.1) is 0 Å². The summed E-state index contributed by atoms with van der Waals surface area (Å²) >= 11 is 5.89. The minimum Gasteiger partial charge on any atom is -0.340 e. The third-order valence-corrected chi connectivity index (χ3v) is 4.55. The van der Waals surface area contributed by atoms with Gasteiger partial charge in [-0.1, -0.05) is 66.2 Å². The smallest absolute Gasteiger partial charge is 0.239 e. The lowest BCUT2D eigenvalue weighted by molar-refractivity contribution is -0.131. The van der Waals surface area contributed by atoms with Gasteiger partial charge in [0.2, 0.25) is 5.91 Å². The van der Waals surface area contributed by atoms with Crippen LogP contribution in [0.15, 0.2) is 66.7 Å². The van der Waals surface area contributed by atoms with Crippen molar-refractivity contribution in [2.24, 2.45) is 5.73 Å². The molecule has 1 atom stereocenters. The Kier molecular flexibility index (Phi) is 5.37. The molecule has 4 heteroatoms. The van der Waals surface area contributed by atoms with Gasteiger partial charge in [-0.3, -0.25) is 4.79 Å². The van der Waals surface area contributed by atoms with Crippen LogP contribution in [0.1, 0.15) is 11.1 Å². The summed E-state index contributed by atoms with van der Waals surface area (Å²) in [5, 5.41) is 3.03. The zero-order valence-electron chi connectivity index (χ0n) is 14.2. The molecule has 0 aliphatic carbocycles. The molecular formula is C21H21ClN2O. The molecule has 0 bridgehead atoms. The fourth-order valence-corrected chi connectivity index (χ4v) is 3.06. The molecule has 0 unspecified atom stereocenters. The molecule has 0 aromatic heterocycles.